The molecule has 0 bridgehead atoms. The number of hydrogen-bond acceptors (Lipinski definition) is 5. The minimum Gasteiger partial charge on any atom is -0.480 e. The Morgan fingerprint density at radius 1 is 0.545 bits per heavy atom. The average molecular weight is 771 g/mol. The maximum absolute atomic E-state index is 12.8. The number of carboxylic acids is 1. The van der Waals surface area contributed by atoms with Crippen molar-refractivity contribution in [1.82, 2.24) is 5.32 Å². The molecule has 1 amide bonds. The number of ether oxygens (including phenoxy) is 1. The van der Waals surface area contributed by atoms with E-state index < -0.39 is 12.0 Å². The van der Waals surface area contributed by atoms with Crippen LogP contribution in [-0.4, -0.2) is 41.6 Å². The lowest BCUT2D eigenvalue weighted by atomic mass is 10.0. The Morgan fingerprint density at radius 3 is 1.49 bits per heavy atom. The molecular weight excluding hydrogens is 685 g/mol. The molecule has 7 heteroatoms. The second-order valence-corrected chi connectivity index (χ2v) is 15.4. The zero-order valence-electron chi connectivity index (χ0n) is 35.8. The fraction of sp³-hybridized carbons (Fsp3) is 0.771. The molecule has 0 aromatic carbocycles. The first kappa shape index (κ1) is 52.3. The zero-order valence-corrected chi connectivity index (χ0v) is 35.8. The molecule has 4 N–H and O–H groups in total. The van der Waals surface area contributed by atoms with Crippen LogP contribution in [0.2, 0.25) is 0 Å². The second-order valence-electron chi connectivity index (χ2n) is 15.4. The lowest BCUT2D eigenvalue weighted by Crippen LogP contribution is -2.40. The number of nitrogens with two attached hydrogens (primary N) is 1. The van der Waals surface area contributed by atoms with Crippen molar-refractivity contribution >= 4 is 17.8 Å². The van der Waals surface area contributed by atoms with Crippen molar-refractivity contribution in [3.05, 3.63) is 48.6 Å². The van der Waals surface area contributed by atoms with Crippen LogP contribution in [0.4, 0.5) is 0 Å². The number of carbonyl (C=O) groups excluding carboxylic acids is 2. The van der Waals surface area contributed by atoms with Crippen molar-refractivity contribution in [3.63, 3.8) is 0 Å². The lowest BCUT2D eigenvalue weighted by Gasteiger charge is -2.17. The van der Waals surface area contributed by atoms with Gasteiger partial charge in [-0.2, -0.15) is 0 Å². The van der Waals surface area contributed by atoms with Crippen LogP contribution in [0, 0.1) is 0 Å². The van der Waals surface area contributed by atoms with Crippen LogP contribution in [0.3, 0.4) is 0 Å². The van der Waals surface area contributed by atoms with Gasteiger partial charge in [0.05, 0.1) is 0 Å². The molecule has 0 aliphatic carbocycles. The Labute approximate surface area is 338 Å². The molecule has 2 atom stereocenters. The molecule has 0 saturated carbocycles. The molecule has 0 aromatic heterocycles. The van der Waals surface area contributed by atoms with Crippen LogP contribution in [0.5, 0.6) is 0 Å². The predicted octanol–water partition coefficient (Wildman–Crippen LogP) is 13.2. The minimum absolute atomic E-state index is 0.0577. The van der Waals surface area contributed by atoms with Gasteiger partial charge in [0.1, 0.15) is 12.1 Å². The van der Waals surface area contributed by atoms with Gasteiger partial charge in [-0.05, 0) is 83.6 Å². The molecule has 0 radical (unpaired) electrons. The number of carboxylic acid groups (broad SMARTS) is 1. The van der Waals surface area contributed by atoms with E-state index in [-0.39, 0.29) is 18.0 Å². The van der Waals surface area contributed by atoms with E-state index in [0.717, 1.165) is 89.9 Å². The zero-order chi connectivity index (χ0) is 40.3. The Bertz CT molecular complexity index is 1000. The molecule has 0 saturated heterocycles. The molecule has 318 valence electrons. The van der Waals surface area contributed by atoms with Gasteiger partial charge in [-0.3, -0.25) is 9.59 Å². The summed E-state index contributed by atoms with van der Waals surface area (Å²) in [5.74, 6) is -1.28. The molecule has 0 aromatic rings. The van der Waals surface area contributed by atoms with E-state index in [0.29, 0.717) is 32.2 Å². The summed E-state index contributed by atoms with van der Waals surface area (Å²) in [5.41, 5.74) is 5.49. The number of carbonyl (C=O) groups is 3. The Hall–Kier alpha value is -2.67. The highest BCUT2D eigenvalue weighted by Crippen LogP contribution is 2.18. The molecule has 2 unspecified atom stereocenters. The molecule has 0 rings (SSSR count). The van der Waals surface area contributed by atoms with Gasteiger partial charge < -0.3 is 20.9 Å². The van der Waals surface area contributed by atoms with E-state index in [1.165, 1.54) is 89.9 Å². The van der Waals surface area contributed by atoms with Gasteiger partial charge in [0.2, 0.25) is 5.91 Å². The number of amides is 1. The third-order valence-electron chi connectivity index (χ3n) is 10.2. The summed E-state index contributed by atoms with van der Waals surface area (Å²) in [7, 11) is 0. The van der Waals surface area contributed by atoms with Gasteiger partial charge in [-0.1, -0.05) is 178 Å². The summed E-state index contributed by atoms with van der Waals surface area (Å²) in [6.45, 7) is 4.83. The fourth-order valence-electron chi connectivity index (χ4n) is 6.74. The van der Waals surface area contributed by atoms with Crippen LogP contribution in [0.25, 0.3) is 0 Å². The summed E-state index contributed by atoms with van der Waals surface area (Å²) >= 11 is 0. The van der Waals surface area contributed by atoms with Gasteiger partial charge in [0.15, 0.2) is 0 Å². The number of hydrogen-bond donors (Lipinski definition) is 3. The van der Waals surface area contributed by atoms with Crippen molar-refractivity contribution in [2.24, 2.45) is 5.73 Å². The van der Waals surface area contributed by atoms with Crippen LogP contribution in [0.1, 0.15) is 219 Å². The van der Waals surface area contributed by atoms with Crippen molar-refractivity contribution < 1.29 is 24.2 Å². The average Bonchev–Trinajstić information content (AvgIpc) is 3.17. The molecular formula is C48H86N2O5. The largest absolute Gasteiger partial charge is 0.480 e. The van der Waals surface area contributed by atoms with Gasteiger partial charge in [0, 0.05) is 12.8 Å². The molecule has 0 heterocycles. The fourth-order valence-corrected chi connectivity index (χ4v) is 6.74. The summed E-state index contributed by atoms with van der Waals surface area (Å²) < 4.78 is 6.02. The maximum atomic E-state index is 12.8. The van der Waals surface area contributed by atoms with Crippen molar-refractivity contribution in [3.8, 4) is 0 Å². The Morgan fingerprint density at radius 2 is 1.00 bits per heavy atom. The minimum atomic E-state index is -1.01. The Kier molecular flexibility index (Phi) is 40.4. The topological polar surface area (TPSA) is 119 Å². The standard InChI is InChI=1S/C48H86N2O5/c1-3-5-7-9-11-13-15-17-18-19-21-23-25-27-32-36-42-47(52)55-44(38-33-29-26-24-22-20-16-14-12-10-8-6-4-2)39-34-30-28-31-35-41-46(51)50-45(48(53)54)40-37-43-49/h6,8,12,14,20,22,26,29,44-45H,3-5,7,9-11,13,15-19,21,23-25,27-28,30-43,49H2,1-2H3,(H,50,51)(H,53,54)/b8-6-,14-12-,22-20-,29-26-. The van der Waals surface area contributed by atoms with Gasteiger partial charge in [-0.15, -0.1) is 0 Å². The van der Waals surface area contributed by atoms with Crippen molar-refractivity contribution in [2.75, 3.05) is 6.54 Å². The van der Waals surface area contributed by atoms with E-state index in [1.807, 2.05) is 0 Å². The quantitative estimate of drug-likeness (QED) is 0.0324. The monoisotopic (exact) mass is 771 g/mol. The number of unbranched alkanes of at least 4 members (excludes halogenated alkanes) is 19. The number of aliphatic carboxylic acids is 1. The highest BCUT2D eigenvalue weighted by molar-refractivity contribution is 5.83. The first-order valence-electron chi connectivity index (χ1n) is 23.0. The molecule has 0 fully saturated rings. The molecule has 55 heavy (non-hydrogen) atoms. The molecule has 0 aliphatic heterocycles. The number of esters is 1. The van der Waals surface area contributed by atoms with Gasteiger partial charge in [0.25, 0.3) is 0 Å². The summed E-state index contributed by atoms with van der Waals surface area (Å²) in [5, 5.41) is 11.9. The maximum Gasteiger partial charge on any atom is 0.326 e. The van der Waals surface area contributed by atoms with Gasteiger partial charge in [-0.25, -0.2) is 4.79 Å². The SMILES string of the molecule is CC/C=C\C/C=C\C/C=C\C/C=C\CCC(CCCCCCCC(=O)NC(CCCN)C(=O)O)OC(=O)CCCCCCCCCCCCCCCCCC. The van der Waals surface area contributed by atoms with E-state index >= 15 is 0 Å². The molecule has 0 aliphatic rings. The number of rotatable bonds is 41. The van der Waals surface area contributed by atoms with Crippen molar-refractivity contribution in [2.45, 2.75) is 231 Å². The van der Waals surface area contributed by atoms with Gasteiger partial charge >= 0.3 is 11.9 Å². The molecule has 7 nitrogen and oxygen atoms in total. The van der Waals surface area contributed by atoms with Crippen LogP contribution in [0.15, 0.2) is 48.6 Å². The van der Waals surface area contributed by atoms with Crippen molar-refractivity contribution in [1.29, 1.82) is 0 Å². The highest BCUT2D eigenvalue weighted by Gasteiger charge is 2.19. The third-order valence-corrected chi connectivity index (χ3v) is 10.2. The first-order valence-corrected chi connectivity index (χ1v) is 23.0. The summed E-state index contributed by atoms with van der Waals surface area (Å²) in [6, 6.07) is -0.864. The third kappa shape index (κ3) is 39.4. The Balaban J connectivity index is 4.39. The lowest BCUT2D eigenvalue weighted by molar-refractivity contribution is -0.150. The van der Waals surface area contributed by atoms with E-state index in [9.17, 15) is 19.5 Å². The number of allylic oxidation sites excluding steroid dienone is 8. The summed E-state index contributed by atoms with van der Waals surface area (Å²) in [4.78, 5) is 36.4. The highest BCUT2D eigenvalue weighted by atomic mass is 16.5. The van der Waals surface area contributed by atoms with E-state index in [4.69, 9.17) is 10.5 Å². The van der Waals surface area contributed by atoms with E-state index in [1.54, 1.807) is 0 Å². The normalized spacial score (nSPS) is 13.1. The van der Waals surface area contributed by atoms with E-state index in [2.05, 4.69) is 67.8 Å². The second kappa shape index (κ2) is 42.5. The predicted molar refractivity (Wildman–Crippen MR) is 234 cm³/mol. The first-order chi connectivity index (χ1) is 26.9. The number of nitrogens with one attached hydrogen (secondary N) is 1. The van der Waals surface area contributed by atoms with Crippen LogP contribution < -0.4 is 11.1 Å². The smallest absolute Gasteiger partial charge is 0.326 e. The molecule has 0 spiro atoms. The van der Waals surface area contributed by atoms with Crippen LogP contribution >= 0.6 is 0 Å². The summed E-state index contributed by atoms with van der Waals surface area (Å²) in [6.07, 6.45) is 51.6. The van der Waals surface area contributed by atoms with Crippen LogP contribution in [-0.2, 0) is 19.1 Å².